The standard InChI is InChI=1S/C26H38O5/c1-18(2)9-8-12-24(5)13-10-20-17-30-22-16-25(6,28-7)31-26(20,22)21(24)11-14-29-23(27)15-19(3)4/h9-11,14-15,21-22H,8,12-13,16-17H2,1-7H3/b14-11+/t21-,22-,24+,25+,26+/m1/s1. The van der Waals surface area contributed by atoms with Crippen molar-refractivity contribution < 1.29 is 23.7 Å². The summed E-state index contributed by atoms with van der Waals surface area (Å²) in [6.07, 6.45) is 13.2. The van der Waals surface area contributed by atoms with Crippen molar-refractivity contribution in [1.29, 1.82) is 0 Å². The molecule has 0 radical (unpaired) electrons. The van der Waals surface area contributed by atoms with Crippen LogP contribution in [0.25, 0.3) is 0 Å². The van der Waals surface area contributed by atoms with E-state index in [1.807, 2.05) is 26.8 Å². The van der Waals surface area contributed by atoms with Crippen molar-refractivity contribution in [2.75, 3.05) is 13.7 Å². The lowest BCUT2D eigenvalue weighted by Crippen LogP contribution is -2.53. The first-order valence-electron chi connectivity index (χ1n) is 11.3. The van der Waals surface area contributed by atoms with Crippen LogP contribution in [-0.2, 0) is 23.7 Å². The Morgan fingerprint density at radius 1 is 1.23 bits per heavy atom. The molecule has 2 aliphatic heterocycles. The molecular weight excluding hydrogens is 392 g/mol. The van der Waals surface area contributed by atoms with Crippen LogP contribution in [0.1, 0.15) is 67.2 Å². The zero-order valence-corrected chi connectivity index (χ0v) is 20.1. The highest BCUT2D eigenvalue weighted by Gasteiger charge is 2.67. The van der Waals surface area contributed by atoms with Crippen LogP contribution in [0.2, 0.25) is 0 Å². The van der Waals surface area contributed by atoms with Gasteiger partial charge in [0, 0.05) is 25.5 Å². The lowest BCUT2D eigenvalue weighted by atomic mass is 9.58. The van der Waals surface area contributed by atoms with Crippen molar-refractivity contribution >= 4 is 5.97 Å². The molecule has 0 aromatic rings. The lowest BCUT2D eigenvalue weighted by molar-refractivity contribution is -0.236. The maximum absolute atomic E-state index is 12.1. The molecule has 0 N–H and O–H groups in total. The summed E-state index contributed by atoms with van der Waals surface area (Å²) >= 11 is 0. The highest BCUT2D eigenvalue weighted by Crippen LogP contribution is 2.61. The van der Waals surface area contributed by atoms with E-state index < -0.39 is 11.4 Å². The van der Waals surface area contributed by atoms with Crippen molar-refractivity contribution in [3.8, 4) is 0 Å². The second-order valence-corrected chi connectivity index (χ2v) is 10.1. The molecule has 2 saturated heterocycles. The SMILES string of the molecule is CO[C@]1(C)C[C@H]2OCC3=CC[C@](C)(CCC=C(C)C)[C@@H](/C=C/OC(=O)C=C(C)C)[C@@]32O1. The first-order chi connectivity index (χ1) is 14.5. The fourth-order valence-electron chi connectivity index (χ4n) is 5.30. The summed E-state index contributed by atoms with van der Waals surface area (Å²) in [4.78, 5) is 12.1. The summed E-state index contributed by atoms with van der Waals surface area (Å²) < 4.78 is 24.1. The molecule has 0 amide bonds. The van der Waals surface area contributed by atoms with Gasteiger partial charge in [-0.2, -0.15) is 0 Å². The maximum Gasteiger partial charge on any atom is 0.335 e. The van der Waals surface area contributed by atoms with Gasteiger partial charge in [0.2, 0.25) is 0 Å². The Balaban J connectivity index is 1.97. The second kappa shape index (κ2) is 9.05. The van der Waals surface area contributed by atoms with Gasteiger partial charge in [0.1, 0.15) is 5.60 Å². The molecule has 0 bridgehead atoms. The van der Waals surface area contributed by atoms with E-state index in [1.165, 1.54) is 17.2 Å². The van der Waals surface area contributed by atoms with Crippen LogP contribution in [0.15, 0.2) is 47.3 Å². The minimum atomic E-state index is -0.701. The Morgan fingerprint density at radius 2 is 1.97 bits per heavy atom. The molecule has 3 aliphatic rings. The van der Waals surface area contributed by atoms with Gasteiger partial charge in [-0.1, -0.05) is 30.2 Å². The van der Waals surface area contributed by atoms with Gasteiger partial charge in [-0.3, -0.25) is 0 Å². The molecule has 0 saturated carbocycles. The number of carbonyl (C=O) groups is 1. The number of allylic oxidation sites excluding steroid dienone is 4. The van der Waals surface area contributed by atoms with Crippen molar-refractivity contribution in [2.45, 2.75) is 84.7 Å². The monoisotopic (exact) mass is 430 g/mol. The lowest BCUT2D eigenvalue weighted by Gasteiger charge is -2.49. The number of ether oxygens (including phenoxy) is 4. The van der Waals surface area contributed by atoms with Crippen molar-refractivity contribution in [3.63, 3.8) is 0 Å². The Bertz CT molecular complexity index is 814. The van der Waals surface area contributed by atoms with Crippen LogP contribution in [0, 0.1) is 11.3 Å². The average Bonchev–Trinajstić information content (AvgIpc) is 3.14. The third kappa shape index (κ3) is 4.74. The Hall–Kier alpha value is -1.69. The van der Waals surface area contributed by atoms with E-state index in [2.05, 4.69) is 32.9 Å². The van der Waals surface area contributed by atoms with Crippen LogP contribution < -0.4 is 0 Å². The minimum absolute atomic E-state index is 0.00506. The predicted molar refractivity (Wildman–Crippen MR) is 121 cm³/mol. The minimum Gasteiger partial charge on any atom is -0.432 e. The highest BCUT2D eigenvalue weighted by atomic mass is 16.7. The van der Waals surface area contributed by atoms with Gasteiger partial charge in [-0.25, -0.2) is 4.79 Å². The van der Waals surface area contributed by atoms with Gasteiger partial charge in [0.15, 0.2) is 5.79 Å². The maximum atomic E-state index is 12.1. The summed E-state index contributed by atoms with van der Waals surface area (Å²) in [7, 11) is 1.68. The van der Waals surface area contributed by atoms with Gasteiger partial charge < -0.3 is 18.9 Å². The first kappa shape index (κ1) is 24.0. The zero-order valence-electron chi connectivity index (χ0n) is 20.1. The average molecular weight is 431 g/mol. The van der Waals surface area contributed by atoms with Crippen LogP contribution in [0.3, 0.4) is 0 Å². The largest absolute Gasteiger partial charge is 0.432 e. The van der Waals surface area contributed by atoms with Crippen LogP contribution in [0.5, 0.6) is 0 Å². The van der Waals surface area contributed by atoms with Gasteiger partial charge >= 0.3 is 5.97 Å². The van der Waals surface area contributed by atoms with Crippen molar-refractivity contribution in [1.82, 2.24) is 0 Å². The van der Waals surface area contributed by atoms with Gasteiger partial charge in [0.25, 0.3) is 0 Å². The highest BCUT2D eigenvalue weighted by molar-refractivity contribution is 5.83. The van der Waals surface area contributed by atoms with E-state index in [9.17, 15) is 4.79 Å². The molecule has 3 rings (SSSR count). The van der Waals surface area contributed by atoms with Gasteiger partial charge in [-0.05, 0) is 70.9 Å². The van der Waals surface area contributed by atoms with E-state index in [0.717, 1.165) is 24.8 Å². The number of carbonyl (C=O) groups excluding carboxylic acids is 1. The number of hydrogen-bond acceptors (Lipinski definition) is 5. The van der Waals surface area contributed by atoms with Gasteiger partial charge in [-0.15, -0.1) is 0 Å². The Labute approximate surface area is 187 Å². The molecule has 0 unspecified atom stereocenters. The molecule has 5 atom stereocenters. The van der Waals surface area contributed by atoms with Gasteiger partial charge in [0.05, 0.1) is 19.0 Å². The summed E-state index contributed by atoms with van der Waals surface area (Å²) in [6.45, 7) is 12.9. The summed E-state index contributed by atoms with van der Waals surface area (Å²) in [6, 6.07) is 0. The Morgan fingerprint density at radius 3 is 2.61 bits per heavy atom. The quantitative estimate of drug-likeness (QED) is 0.227. The van der Waals surface area contributed by atoms with E-state index >= 15 is 0 Å². The van der Waals surface area contributed by atoms with Crippen LogP contribution >= 0.6 is 0 Å². The van der Waals surface area contributed by atoms with E-state index in [4.69, 9.17) is 18.9 Å². The number of rotatable bonds is 7. The van der Waals surface area contributed by atoms with Crippen molar-refractivity contribution in [2.24, 2.45) is 11.3 Å². The Kier molecular flexibility index (Phi) is 6.99. The summed E-state index contributed by atoms with van der Waals surface area (Å²) in [5.74, 6) is -1.07. The number of hydrogen-bond donors (Lipinski definition) is 0. The normalized spacial score (nSPS) is 36.5. The molecule has 5 nitrogen and oxygen atoms in total. The molecule has 0 aromatic carbocycles. The topological polar surface area (TPSA) is 54.0 Å². The third-order valence-corrected chi connectivity index (χ3v) is 6.95. The van der Waals surface area contributed by atoms with E-state index in [1.54, 1.807) is 13.4 Å². The zero-order chi connectivity index (χ0) is 22.9. The molecule has 5 heteroatoms. The first-order valence-corrected chi connectivity index (χ1v) is 11.3. The smallest absolute Gasteiger partial charge is 0.335 e. The number of esters is 1. The number of methoxy groups -OCH3 is 1. The molecular formula is C26H38O5. The molecule has 172 valence electrons. The molecule has 1 aliphatic carbocycles. The molecule has 31 heavy (non-hydrogen) atoms. The van der Waals surface area contributed by atoms with E-state index in [-0.39, 0.29) is 23.4 Å². The fourth-order valence-corrected chi connectivity index (χ4v) is 5.30. The van der Waals surface area contributed by atoms with E-state index in [0.29, 0.717) is 13.0 Å². The second-order valence-electron chi connectivity index (χ2n) is 10.1. The molecule has 0 aromatic heterocycles. The van der Waals surface area contributed by atoms with Crippen LogP contribution in [0.4, 0.5) is 0 Å². The summed E-state index contributed by atoms with van der Waals surface area (Å²) in [5.41, 5.74) is 2.75. The van der Waals surface area contributed by atoms with Crippen molar-refractivity contribution in [3.05, 3.63) is 47.3 Å². The molecule has 2 fully saturated rings. The predicted octanol–water partition coefficient (Wildman–Crippen LogP) is 5.63. The fraction of sp³-hybridized carbons (Fsp3) is 0.654. The molecule has 1 spiro atoms. The van der Waals surface area contributed by atoms with Crippen LogP contribution in [-0.4, -0.2) is 37.2 Å². The summed E-state index contributed by atoms with van der Waals surface area (Å²) in [5, 5.41) is 0. The molecule has 2 heterocycles. The third-order valence-electron chi connectivity index (χ3n) is 6.95.